The number of ether oxygens (including phenoxy) is 1. The van der Waals surface area contributed by atoms with Crippen LogP contribution in [0.3, 0.4) is 0 Å². The molecule has 0 aliphatic rings. The van der Waals surface area contributed by atoms with Crippen LogP contribution < -0.4 is 4.74 Å². The maximum absolute atomic E-state index is 8.69. The van der Waals surface area contributed by atoms with Gasteiger partial charge in [-0.15, -0.1) is 0 Å². The highest BCUT2D eigenvalue weighted by atomic mass is 16.5. The molecule has 0 saturated carbocycles. The Balaban J connectivity index is 2.21. The minimum absolute atomic E-state index is 0.135. The van der Waals surface area contributed by atoms with Crippen LogP contribution in [0.25, 0.3) is 11.1 Å². The van der Waals surface area contributed by atoms with Crippen molar-refractivity contribution in [2.24, 2.45) is 0 Å². The van der Waals surface area contributed by atoms with Gasteiger partial charge in [0.2, 0.25) is 0 Å². The van der Waals surface area contributed by atoms with Crippen LogP contribution in [-0.2, 0) is 0 Å². The highest BCUT2D eigenvalue weighted by Crippen LogP contribution is 2.34. The number of hydrogen-bond donors (Lipinski definition) is 0. The zero-order chi connectivity index (χ0) is 24.1. The summed E-state index contributed by atoms with van der Waals surface area (Å²) in [6.45, 7) is -1.52. The highest BCUT2D eigenvalue weighted by molar-refractivity contribution is 5.98. The number of rotatable bonds is 8. The van der Waals surface area contributed by atoms with Gasteiger partial charge < -0.3 is 9.64 Å². The highest BCUT2D eigenvalue weighted by Gasteiger charge is 2.12. The van der Waals surface area contributed by atoms with Crippen molar-refractivity contribution in [1.82, 2.24) is 4.90 Å². The van der Waals surface area contributed by atoms with Crippen LogP contribution in [0.15, 0.2) is 84.9 Å². The summed E-state index contributed by atoms with van der Waals surface area (Å²) in [7, 11) is 3.96. The van der Waals surface area contributed by atoms with Crippen molar-refractivity contribution in [3.8, 4) is 5.75 Å². The summed E-state index contributed by atoms with van der Waals surface area (Å²) in [5.74, 6) is 0.702. The Morgan fingerprint density at radius 2 is 1.39 bits per heavy atom. The molecule has 0 saturated heterocycles. The summed E-state index contributed by atoms with van der Waals surface area (Å²) >= 11 is 0. The van der Waals surface area contributed by atoms with Gasteiger partial charge in [-0.3, -0.25) is 0 Å². The second kappa shape index (κ2) is 9.91. The molecule has 0 atom stereocenters. The van der Waals surface area contributed by atoms with Crippen molar-refractivity contribution in [3.63, 3.8) is 0 Å². The first-order valence-corrected chi connectivity index (χ1v) is 9.35. The molecule has 3 aromatic rings. The van der Waals surface area contributed by atoms with Gasteiger partial charge in [-0.2, -0.15) is 0 Å². The van der Waals surface area contributed by atoms with E-state index >= 15 is 0 Å². The molecule has 2 nitrogen and oxygen atoms in total. The van der Waals surface area contributed by atoms with Crippen molar-refractivity contribution in [2.45, 2.75) is 13.2 Å². The van der Waals surface area contributed by atoms with Gasteiger partial charge in [0, 0.05) is 13.4 Å². The Hall–Kier alpha value is -2.84. The molecular weight excluding hydrogens is 342 g/mol. The first-order chi connectivity index (χ1) is 15.6. The van der Waals surface area contributed by atoms with Crippen LogP contribution >= 0.6 is 0 Å². The molecule has 144 valence electrons. The SMILES string of the molecule is [2H]C([2H])([2H])C([2H])([2H])C(=C(c1ccccc1)c1ccc(OCCN(C)C)cc1)c1ccccc1. The summed E-state index contributed by atoms with van der Waals surface area (Å²) < 4.78 is 47.1. The van der Waals surface area contributed by atoms with Crippen molar-refractivity contribution in [2.75, 3.05) is 27.2 Å². The maximum Gasteiger partial charge on any atom is 0.119 e. The van der Waals surface area contributed by atoms with Crippen LogP contribution in [-0.4, -0.2) is 32.1 Å². The lowest BCUT2D eigenvalue weighted by Gasteiger charge is -2.17. The molecule has 0 fully saturated rings. The van der Waals surface area contributed by atoms with Crippen molar-refractivity contribution < 1.29 is 11.6 Å². The summed E-state index contributed by atoms with van der Waals surface area (Å²) in [4.78, 5) is 2.04. The van der Waals surface area contributed by atoms with Crippen molar-refractivity contribution >= 4 is 11.1 Å². The molecule has 0 aromatic heterocycles. The number of benzene rings is 3. The predicted molar refractivity (Wildman–Crippen MR) is 120 cm³/mol. The zero-order valence-corrected chi connectivity index (χ0v) is 16.4. The molecule has 0 aliphatic heterocycles. The second-order valence-electron chi connectivity index (χ2n) is 6.78. The predicted octanol–water partition coefficient (Wildman–Crippen LogP) is 6.00. The number of nitrogens with zero attached hydrogens (tertiary/aromatic N) is 1. The molecule has 28 heavy (non-hydrogen) atoms. The van der Waals surface area contributed by atoms with Gasteiger partial charge in [0.15, 0.2) is 0 Å². The monoisotopic (exact) mass is 376 g/mol. The van der Waals surface area contributed by atoms with Gasteiger partial charge in [-0.1, -0.05) is 79.6 Å². The third-order valence-electron chi connectivity index (χ3n) is 4.45. The van der Waals surface area contributed by atoms with Crippen LogP contribution in [0.5, 0.6) is 5.75 Å². The average Bonchev–Trinajstić information content (AvgIpc) is 2.78. The molecule has 0 aliphatic carbocycles. The van der Waals surface area contributed by atoms with E-state index in [-0.39, 0.29) is 5.57 Å². The lowest BCUT2D eigenvalue weighted by Crippen LogP contribution is -2.19. The van der Waals surface area contributed by atoms with E-state index in [0.29, 0.717) is 29.1 Å². The third kappa shape index (κ3) is 5.11. The van der Waals surface area contributed by atoms with Gasteiger partial charge in [0.25, 0.3) is 0 Å². The summed E-state index contributed by atoms with van der Waals surface area (Å²) in [5.41, 5.74) is 2.67. The molecule has 0 spiro atoms. The Kier molecular flexibility index (Phi) is 5.03. The quantitative estimate of drug-likeness (QED) is 0.447. The summed E-state index contributed by atoms with van der Waals surface area (Å²) in [6.07, 6.45) is -2.58. The minimum atomic E-state index is -2.85. The Morgan fingerprint density at radius 3 is 1.96 bits per heavy atom. The molecule has 0 bridgehead atoms. The van der Waals surface area contributed by atoms with Gasteiger partial charge in [0.05, 0.1) is 0 Å². The first-order valence-electron chi connectivity index (χ1n) is 11.8. The van der Waals surface area contributed by atoms with E-state index in [0.717, 1.165) is 12.1 Å². The molecule has 0 heterocycles. The van der Waals surface area contributed by atoms with E-state index in [4.69, 9.17) is 11.6 Å². The lowest BCUT2D eigenvalue weighted by atomic mass is 9.88. The molecule has 0 amide bonds. The van der Waals surface area contributed by atoms with E-state index < -0.39 is 13.2 Å². The van der Waals surface area contributed by atoms with E-state index in [2.05, 4.69) is 0 Å². The molecule has 0 radical (unpaired) electrons. The standard InChI is InChI=1S/C26H29NO/c1-4-25(21-11-7-5-8-12-21)26(22-13-9-6-10-14-22)23-15-17-24(18-16-23)28-20-19-27(2)3/h5-18H,4,19-20H2,1-3H3/i1D3,4D2. The molecule has 3 aromatic carbocycles. The fourth-order valence-corrected chi connectivity index (χ4v) is 3.01. The number of allylic oxidation sites excluding steroid dienone is 1. The Morgan fingerprint density at radius 1 is 0.821 bits per heavy atom. The van der Waals surface area contributed by atoms with Gasteiger partial charge >= 0.3 is 0 Å². The van der Waals surface area contributed by atoms with Crippen molar-refractivity contribution in [1.29, 1.82) is 0 Å². The normalized spacial score (nSPS) is 15.6. The van der Waals surface area contributed by atoms with E-state index in [9.17, 15) is 0 Å². The fourth-order valence-electron chi connectivity index (χ4n) is 3.01. The fraction of sp³-hybridized carbons (Fsp3) is 0.231. The zero-order valence-electron chi connectivity index (χ0n) is 21.4. The number of hydrogen-bond acceptors (Lipinski definition) is 2. The number of likely N-dealkylation sites (N-methyl/N-ethyl adjacent to an activating group) is 1. The van der Waals surface area contributed by atoms with E-state index in [1.165, 1.54) is 0 Å². The lowest BCUT2D eigenvalue weighted by molar-refractivity contribution is 0.261. The molecule has 2 heteroatoms. The summed E-state index contributed by atoms with van der Waals surface area (Å²) in [6, 6.07) is 25.6. The molecular formula is C26H29NO. The minimum Gasteiger partial charge on any atom is -0.492 e. The van der Waals surface area contributed by atoms with Gasteiger partial charge in [0.1, 0.15) is 12.4 Å². The largest absolute Gasteiger partial charge is 0.492 e. The molecule has 0 unspecified atom stereocenters. The van der Waals surface area contributed by atoms with Gasteiger partial charge in [-0.05, 0) is 60.4 Å². The third-order valence-corrected chi connectivity index (χ3v) is 4.45. The Labute approximate surface area is 176 Å². The van der Waals surface area contributed by atoms with Crippen LogP contribution in [0.4, 0.5) is 0 Å². The topological polar surface area (TPSA) is 12.5 Å². The second-order valence-corrected chi connectivity index (χ2v) is 6.78. The first kappa shape index (κ1) is 14.2. The smallest absolute Gasteiger partial charge is 0.119 e. The summed E-state index contributed by atoms with van der Waals surface area (Å²) in [5, 5.41) is 0. The van der Waals surface area contributed by atoms with E-state index in [1.54, 1.807) is 24.3 Å². The van der Waals surface area contributed by atoms with Crippen LogP contribution in [0.2, 0.25) is 0 Å². The molecule has 0 N–H and O–H groups in total. The van der Waals surface area contributed by atoms with Crippen molar-refractivity contribution in [3.05, 3.63) is 102 Å². The van der Waals surface area contributed by atoms with E-state index in [1.807, 2.05) is 79.7 Å². The van der Waals surface area contributed by atoms with Crippen LogP contribution in [0.1, 0.15) is 36.8 Å². The van der Waals surface area contributed by atoms with Crippen LogP contribution in [0, 0.1) is 0 Å². The average molecular weight is 377 g/mol. The van der Waals surface area contributed by atoms with Gasteiger partial charge in [-0.25, -0.2) is 0 Å². The molecule has 3 rings (SSSR count). The maximum atomic E-state index is 8.69. The Bertz CT molecular complexity index is 1060.